The molecular weight excluding hydrogens is 719 g/mol. The second kappa shape index (κ2) is 17.4. The summed E-state index contributed by atoms with van der Waals surface area (Å²) < 4.78 is 25.5. The molecule has 4 amide bonds. The second-order valence-electron chi connectivity index (χ2n) is 15.0. The summed E-state index contributed by atoms with van der Waals surface area (Å²) in [6.07, 6.45) is 15.4. The van der Waals surface area contributed by atoms with Crippen molar-refractivity contribution in [3.8, 4) is 11.5 Å². The number of hydrogen-bond acceptors (Lipinski definition) is 8. The summed E-state index contributed by atoms with van der Waals surface area (Å²) in [5.74, 6) is 1.46. The van der Waals surface area contributed by atoms with Gasteiger partial charge in [-0.2, -0.15) is 0 Å². The molecule has 0 spiro atoms. The molecule has 14 nitrogen and oxygen atoms in total. The number of halogens is 1. The van der Waals surface area contributed by atoms with Crippen LogP contribution >= 0.6 is 0 Å². The number of carbonyl (C=O) groups is 4. The van der Waals surface area contributed by atoms with Gasteiger partial charge in [0.1, 0.15) is 41.2 Å². The van der Waals surface area contributed by atoms with Crippen molar-refractivity contribution < 1.29 is 33.0 Å². The van der Waals surface area contributed by atoms with Crippen LogP contribution in [0.5, 0.6) is 11.5 Å². The van der Waals surface area contributed by atoms with E-state index >= 15 is 0 Å². The zero-order valence-corrected chi connectivity index (χ0v) is 31.4. The van der Waals surface area contributed by atoms with Crippen molar-refractivity contribution in [2.45, 2.75) is 82.2 Å². The summed E-state index contributed by atoms with van der Waals surface area (Å²) in [6.45, 7) is 10.3. The Kier molecular flexibility index (Phi) is 12.0. The van der Waals surface area contributed by atoms with Gasteiger partial charge in [-0.15, -0.1) is 0 Å². The Labute approximate surface area is 324 Å². The van der Waals surface area contributed by atoms with Gasteiger partial charge < -0.3 is 39.9 Å². The number of nitrogens with one attached hydrogen (secondary N) is 4. The summed E-state index contributed by atoms with van der Waals surface area (Å²) in [5.41, 5.74) is 2.34. The summed E-state index contributed by atoms with van der Waals surface area (Å²) in [4.78, 5) is 66.7. The van der Waals surface area contributed by atoms with Gasteiger partial charge in [-0.25, -0.2) is 14.4 Å². The van der Waals surface area contributed by atoms with E-state index in [-0.39, 0.29) is 41.9 Å². The minimum Gasteiger partial charge on any atom is -0.489 e. The number of hydrogen-bond donors (Lipinski definition) is 4. The van der Waals surface area contributed by atoms with E-state index in [2.05, 4.69) is 43.7 Å². The highest BCUT2D eigenvalue weighted by Gasteiger charge is 2.28. The topological polar surface area (TPSA) is 175 Å². The molecule has 8 rings (SSSR count). The third-order valence-electron chi connectivity index (χ3n) is 10.9. The number of aromatic nitrogens is 4. The van der Waals surface area contributed by atoms with Crippen molar-refractivity contribution in [1.29, 1.82) is 0 Å². The molecule has 6 heterocycles. The van der Waals surface area contributed by atoms with Crippen molar-refractivity contribution in [1.82, 2.24) is 40.4 Å². The molecule has 0 aromatic carbocycles. The maximum Gasteiger partial charge on any atom is 0.253 e. The number of amides is 4. The number of piperidine rings is 2. The number of H-pyrrole nitrogens is 2. The second-order valence-corrected chi connectivity index (χ2v) is 15.0. The Bertz CT molecular complexity index is 2080. The first kappa shape index (κ1) is 38.5. The molecule has 4 aromatic heterocycles. The summed E-state index contributed by atoms with van der Waals surface area (Å²) >= 11 is 0. The lowest BCUT2D eigenvalue weighted by Gasteiger charge is -2.31. The first-order chi connectivity index (χ1) is 27.2. The van der Waals surface area contributed by atoms with Gasteiger partial charge in [-0.05, 0) is 62.3 Å². The molecule has 4 aromatic rings. The number of likely N-dealkylation sites (tertiary alicyclic amines) is 2. The van der Waals surface area contributed by atoms with Crippen LogP contribution in [-0.2, 0) is 9.59 Å². The summed E-state index contributed by atoms with van der Waals surface area (Å²) in [5, 5.41) is 7.34. The minimum absolute atomic E-state index is 0.0145. The Balaban J connectivity index is 0.000000172. The number of fused-ring (bicyclic) bond motifs is 2. The molecular formula is C41H49FN8O6. The van der Waals surface area contributed by atoms with Gasteiger partial charge in [-0.3, -0.25) is 19.2 Å². The van der Waals surface area contributed by atoms with E-state index in [0.29, 0.717) is 90.7 Å². The molecule has 2 aliphatic carbocycles. The van der Waals surface area contributed by atoms with Gasteiger partial charge in [0.05, 0.1) is 23.5 Å². The highest BCUT2D eigenvalue weighted by atomic mass is 19.1. The Morgan fingerprint density at radius 3 is 1.70 bits per heavy atom. The van der Waals surface area contributed by atoms with E-state index in [1.807, 2.05) is 12.1 Å². The van der Waals surface area contributed by atoms with Crippen molar-refractivity contribution in [3.05, 3.63) is 73.4 Å². The molecule has 4 N–H and O–H groups in total. The van der Waals surface area contributed by atoms with Crippen molar-refractivity contribution in [2.75, 3.05) is 32.7 Å². The van der Waals surface area contributed by atoms with E-state index < -0.39 is 6.17 Å². The number of pyridine rings is 2. The molecule has 15 heteroatoms. The molecule has 0 bridgehead atoms. The maximum absolute atomic E-state index is 13.4. The Morgan fingerprint density at radius 1 is 0.750 bits per heavy atom. The molecule has 0 unspecified atom stereocenters. The standard InChI is InChI=1S/C21H25FN4O3.C20H24N4O3/c1-2-19(27)26-7-5-15(6-8-26)29-16-10-17-18(12-24-20(17)23-11-16)21(28)25-14-4-3-13(22)9-14;1-2-18(25)24-7-5-14(6-8-24)27-15-9-16-17(12-22-19(16)21-11-15)20(26)23-10-13-3-4-13/h2,10-15H,1,3-9H2,(H,23,24)(H,25,28);2,9,11-14H,1,3-8,10H2,(H,21,22)(H,23,26)/t13-,14+;/m1./s1. The lowest BCUT2D eigenvalue weighted by atomic mass is 10.1. The lowest BCUT2D eigenvalue weighted by molar-refractivity contribution is -0.128. The van der Waals surface area contributed by atoms with E-state index in [4.69, 9.17) is 9.47 Å². The molecule has 4 aliphatic rings. The quantitative estimate of drug-likeness (QED) is 0.154. The molecule has 2 saturated carbocycles. The number of aromatic amines is 2. The van der Waals surface area contributed by atoms with Crippen LogP contribution in [0.1, 0.15) is 78.5 Å². The summed E-state index contributed by atoms with van der Waals surface area (Å²) in [6, 6.07) is 3.55. The Morgan fingerprint density at radius 2 is 1.25 bits per heavy atom. The van der Waals surface area contributed by atoms with E-state index in [1.165, 1.54) is 25.0 Å². The number of alkyl halides is 1. The average molecular weight is 769 g/mol. The number of ether oxygens (including phenoxy) is 2. The average Bonchev–Trinajstić information content (AvgIpc) is 3.57. The molecule has 2 atom stereocenters. The monoisotopic (exact) mass is 768 g/mol. The van der Waals surface area contributed by atoms with Crippen LogP contribution in [0.25, 0.3) is 22.1 Å². The Hall–Kier alpha value is -5.73. The molecule has 4 fully saturated rings. The molecule has 2 saturated heterocycles. The van der Waals surface area contributed by atoms with Crippen LogP contribution in [-0.4, -0.2) is 111 Å². The van der Waals surface area contributed by atoms with Crippen molar-refractivity contribution in [3.63, 3.8) is 0 Å². The smallest absolute Gasteiger partial charge is 0.253 e. The van der Waals surface area contributed by atoms with E-state index in [0.717, 1.165) is 37.6 Å². The van der Waals surface area contributed by atoms with Gasteiger partial charge in [0.25, 0.3) is 11.8 Å². The fraction of sp³-hybridized carbons (Fsp3) is 0.463. The normalized spacial score (nSPS) is 20.2. The van der Waals surface area contributed by atoms with Crippen molar-refractivity contribution in [2.24, 2.45) is 5.92 Å². The highest BCUT2D eigenvalue weighted by Crippen LogP contribution is 2.29. The van der Waals surface area contributed by atoms with Gasteiger partial charge >= 0.3 is 0 Å². The molecule has 0 radical (unpaired) electrons. The van der Waals surface area contributed by atoms with Crippen molar-refractivity contribution >= 4 is 45.7 Å². The zero-order chi connectivity index (χ0) is 39.2. The van der Waals surface area contributed by atoms with E-state index in [1.54, 1.807) is 34.6 Å². The first-order valence-corrected chi connectivity index (χ1v) is 19.5. The van der Waals surface area contributed by atoms with Gasteiger partial charge in [0.15, 0.2) is 0 Å². The van der Waals surface area contributed by atoms with Gasteiger partial charge in [-0.1, -0.05) is 13.2 Å². The van der Waals surface area contributed by atoms with Crippen LogP contribution in [0.15, 0.2) is 62.2 Å². The predicted molar refractivity (Wildman–Crippen MR) is 208 cm³/mol. The molecule has 56 heavy (non-hydrogen) atoms. The fourth-order valence-corrected chi connectivity index (χ4v) is 7.48. The third kappa shape index (κ3) is 9.37. The number of nitrogens with zero attached hydrogens (tertiary/aromatic N) is 4. The van der Waals surface area contributed by atoms with Crippen LogP contribution in [0, 0.1) is 5.92 Å². The zero-order valence-electron chi connectivity index (χ0n) is 31.4. The van der Waals surface area contributed by atoms with Crippen LogP contribution in [0.2, 0.25) is 0 Å². The van der Waals surface area contributed by atoms with Gasteiger partial charge in [0.2, 0.25) is 11.8 Å². The number of rotatable bonds is 11. The largest absolute Gasteiger partial charge is 0.489 e. The highest BCUT2D eigenvalue weighted by molar-refractivity contribution is 6.07. The van der Waals surface area contributed by atoms with Crippen LogP contribution in [0.4, 0.5) is 4.39 Å². The van der Waals surface area contributed by atoms with Crippen LogP contribution in [0.3, 0.4) is 0 Å². The predicted octanol–water partition coefficient (Wildman–Crippen LogP) is 5.00. The third-order valence-corrected chi connectivity index (χ3v) is 10.9. The SMILES string of the molecule is C=CC(=O)N1CCC(Oc2cnc3[nH]cc(C(=O)NCC4CC4)c3c2)CC1.C=CC(=O)N1CCC(Oc2cnc3[nH]cc(C(=O)N[C@H]4CC[C@@H](F)C4)c3c2)CC1. The maximum atomic E-state index is 13.4. The minimum atomic E-state index is -0.835. The van der Waals surface area contributed by atoms with Gasteiger partial charge in [0, 0.05) is 87.6 Å². The number of carbonyl (C=O) groups excluding carboxylic acids is 4. The lowest BCUT2D eigenvalue weighted by Crippen LogP contribution is -2.41. The van der Waals surface area contributed by atoms with Crippen LogP contribution < -0.4 is 20.1 Å². The first-order valence-electron chi connectivity index (χ1n) is 19.5. The summed E-state index contributed by atoms with van der Waals surface area (Å²) in [7, 11) is 0. The van der Waals surface area contributed by atoms with E-state index in [9.17, 15) is 23.6 Å². The fourth-order valence-electron chi connectivity index (χ4n) is 7.48. The molecule has 296 valence electrons. The molecule has 2 aliphatic heterocycles.